The summed E-state index contributed by atoms with van der Waals surface area (Å²) in [7, 11) is 1.61. The Labute approximate surface area is 169 Å². The van der Waals surface area contributed by atoms with E-state index in [9.17, 15) is 9.59 Å². The smallest absolute Gasteiger partial charge is 0.231 e. The Morgan fingerprint density at radius 1 is 0.966 bits per heavy atom. The number of ether oxygens (including phenoxy) is 2. The number of carbonyl (C=O) groups is 2. The van der Waals surface area contributed by atoms with Crippen LogP contribution in [0.2, 0.25) is 0 Å². The van der Waals surface area contributed by atoms with Gasteiger partial charge in [-0.15, -0.1) is 0 Å². The molecule has 5 nitrogen and oxygen atoms in total. The molecule has 0 unspecified atom stereocenters. The minimum absolute atomic E-state index is 0.0782. The van der Waals surface area contributed by atoms with Crippen LogP contribution in [-0.4, -0.2) is 25.4 Å². The van der Waals surface area contributed by atoms with Gasteiger partial charge in [0.15, 0.2) is 5.78 Å². The summed E-state index contributed by atoms with van der Waals surface area (Å²) in [6.07, 6.45) is 0.591. The fourth-order valence-corrected chi connectivity index (χ4v) is 3.39. The Balaban J connectivity index is 1.45. The van der Waals surface area contributed by atoms with Crippen LogP contribution < -0.4 is 14.8 Å². The lowest BCUT2D eigenvalue weighted by atomic mass is 9.95. The standard InChI is InChI=1S/C24H21NO4/c1-28-21-11-10-17-12-19(15-29-22(17)14-21)24(27)25-20-9-5-8-18(13-20)23(26)16-6-3-2-4-7-16/h2-11,13-14,19H,12,15H2,1H3,(H,25,27)/t19-/m0/s1. The van der Waals surface area contributed by atoms with Crippen LogP contribution in [0, 0.1) is 5.92 Å². The van der Waals surface area contributed by atoms with Gasteiger partial charge in [-0.05, 0) is 30.2 Å². The number of hydrogen-bond donors (Lipinski definition) is 1. The van der Waals surface area contributed by atoms with E-state index in [-0.39, 0.29) is 17.6 Å². The first-order chi connectivity index (χ1) is 14.1. The zero-order valence-corrected chi connectivity index (χ0v) is 16.1. The molecule has 0 spiro atoms. The zero-order valence-electron chi connectivity index (χ0n) is 16.1. The molecule has 1 aliphatic rings. The molecular formula is C24H21NO4. The third kappa shape index (κ3) is 4.14. The van der Waals surface area contributed by atoms with E-state index < -0.39 is 0 Å². The molecule has 1 atom stereocenters. The van der Waals surface area contributed by atoms with Crippen molar-refractivity contribution in [1.29, 1.82) is 0 Å². The van der Waals surface area contributed by atoms with Gasteiger partial charge in [-0.2, -0.15) is 0 Å². The van der Waals surface area contributed by atoms with Gasteiger partial charge < -0.3 is 14.8 Å². The van der Waals surface area contributed by atoms with E-state index in [0.717, 1.165) is 17.1 Å². The Morgan fingerprint density at radius 3 is 2.55 bits per heavy atom. The molecule has 0 fully saturated rings. The monoisotopic (exact) mass is 387 g/mol. The SMILES string of the molecule is COc1ccc2c(c1)OC[C@@H](C(=O)Nc1cccc(C(=O)c3ccccc3)c1)C2. The van der Waals surface area contributed by atoms with E-state index in [4.69, 9.17) is 9.47 Å². The minimum Gasteiger partial charge on any atom is -0.497 e. The molecule has 0 radical (unpaired) electrons. The number of amides is 1. The number of hydrogen-bond acceptors (Lipinski definition) is 4. The summed E-state index contributed by atoms with van der Waals surface area (Å²) in [6.45, 7) is 0.300. The maximum absolute atomic E-state index is 12.8. The van der Waals surface area contributed by atoms with Crippen molar-refractivity contribution in [2.45, 2.75) is 6.42 Å². The molecule has 0 saturated carbocycles. The number of benzene rings is 3. The number of nitrogens with one attached hydrogen (secondary N) is 1. The largest absolute Gasteiger partial charge is 0.497 e. The summed E-state index contributed by atoms with van der Waals surface area (Å²) < 4.78 is 11.0. The number of methoxy groups -OCH3 is 1. The third-order valence-corrected chi connectivity index (χ3v) is 4.98. The van der Waals surface area contributed by atoms with Gasteiger partial charge in [-0.25, -0.2) is 0 Å². The first-order valence-corrected chi connectivity index (χ1v) is 9.44. The summed E-state index contributed by atoms with van der Waals surface area (Å²) in [6, 6.07) is 21.7. The van der Waals surface area contributed by atoms with Crippen molar-refractivity contribution in [2.75, 3.05) is 19.0 Å². The second kappa shape index (κ2) is 8.19. The van der Waals surface area contributed by atoms with Crippen LogP contribution in [0.15, 0.2) is 72.8 Å². The molecule has 3 aromatic rings. The van der Waals surface area contributed by atoms with Crippen molar-refractivity contribution in [3.63, 3.8) is 0 Å². The summed E-state index contributed by atoms with van der Waals surface area (Å²) in [5, 5.41) is 2.92. The molecule has 1 heterocycles. The lowest BCUT2D eigenvalue weighted by Gasteiger charge is -2.25. The molecule has 1 aliphatic heterocycles. The van der Waals surface area contributed by atoms with Crippen LogP contribution in [-0.2, 0) is 11.2 Å². The molecule has 0 bridgehead atoms. The second-order valence-electron chi connectivity index (χ2n) is 6.95. The van der Waals surface area contributed by atoms with Gasteiger partial charge >= 0.3 is 0 Å². The predicted molar refractivity (Wildman–Crippen MR) is 111 cm³/mol. The van der Waals surface area contributed by atoms with Gasteiger partial charge in [0.25, 0.3) is 0 Å². The first kappa shape index (κ1) is 18.7. The quantitative estimate of drug-likeness (QED) is 0.669. The topological polar surface area (TPSA) is 64.6 Å². The summed E-state index contributed by atoms with van der Waals surface area (Å²) >= 11 is 0. The highest BCUT2D eigenvalue weighted by Crippen LogP contribution is 2.31. The molecule has 146 valence electrons. The molecule has 1 N–H and O–H groups in total. The van der Waals surface area contributed by atoms with Crippen molar-refractivity contribution in [1.82, 2.24) is 0 Å². The molecule has 5 heteroatoms. The predicted octanol–water partition coefficient (Wildman–Crippen LogP) is 4.12. The Morgan fingerprint density at radius 2 is 1.76 bits per heavy atom. The molecule has 1 amide bonds. The molecule has 4 rings (SSSR count). The van der Waals surface area contributed by atoms with Crippen molar-refractivity contribution >= 4 is 17.4 Å². The average molecular weight is 387 g/mol. The van der Waals surface area contributed by atoms with Crippen molar-refractivity contribution in [3.8, 4) is 11.5 Å². The molecule has 29 heavy (non-hydrogen) atoms. The van der Waals surface area contributed by atoms with Crippen molar-refractivity contribution < 1.29 is 19.1 Å². The maximum atomic E-state index is 12.8. The van der Waals surface area contributed by atoms with Gasteiger partial charge in [0.2, 0.25) is 5.91 Å². The first-order valence-electron chi connectivity index (χ1n) is 9.44. The highest BCUT2D eigenvalue weighted by Gasteiger charge is 2.26. The zero-order chi connectivity index (χ0) is 20.2. The molecule has 3 aromatic carbocycles. The summed E-state index contributed by atoms with van der Waals surface area (Å²) in [5.74, 6) is 0.973. The highest BCUT2D eigenvalue weighted by atomic mass is 16.5. The Bertz CT molecular complexity index is 1050. The van der Waals surface area contributed by atoms with Crippen molar-refractivity contribution in [3.05, 3.63) is 89.5 Å². The van der Waals surface area contributed by atoms with Gasteiger partial charge in [0, 0.05) is 22.9 Å². The average Bonchev–Trinajstić information content (AvgIpc) is 2.78. The number of rotatable bonds is 5. The van der Waals surface area contributed by atoms with Gasteiger partial charge in [-0.3, -0.25) is 9.59 Å². The van der Waals surface area contributed by atoms with Gasteiger partial charge in [0.05, 0.1) is 13.0 Å². The lowest BCUT2D eigenvalue weighted by Crippen LogP contribution is -2.32. The third-order valence-electron chi connectivity index (χ3n) is 4.98. The van der Waals surface area contributed by atoms with Crippen LogP contribution in [0.4, 0.5) is 5.69 Å². The minimum atomic E-state index is -0.302. The number of anilines is 1. The molecule has 0 saturated heterocycles. The normalized spacial score (nSPS) is 15.0. The summed E-state index contributed by atoms with van der Waals surface area (Å²) in [4.78, 5) is 25.4. The van der Waals surface area contributed by atoms with Crippen LogP contribution in [0.3, 0.4) is 0 Å². The van der Waals surface area contributed by atoms with Crippen molar-refractivity contribution in [2.24, 2.45) is 5.92 Å². The molecular weight excluding hydrogens is 366 g/mol. The second-order valence-corrected chi connectivity index (χ2v) is 6.95. The molecule has 0 aliphatic carbocycles. The fourth-order valence-electron chi connectivity index (χ4n) is 3.39. The summed E-state index contributed by atoms with van der Waals surface area (Å²) in [5.41, 5.74) is 2.72. The Hall–Kier alpha value is -3.60. The van der Waals surface area contributed by atoms with Gasteiger partial charge in [0.1, 0.15) is 18.1 Å². The number of ketones is 1. The van der Waals surface area contributed by atoms with E-state index in [1.807, 2.05) is 36.4 Å². The van der Waals surface area contributed by atoms with E-state index in [2.05, 4.69) is 5.32 Å². The van der Waals surface area contributed by atoms with Crippen LogP contribution >= 0.6 is 0 Å². The van der Waals surface area contributed by atoms with E-state index in [1.54, 1.807) is 43.5 Å². The highest BCUT2D eigenvalue weighted by molar-refractivity contribution is 6.09. The maximum Gasteiger partial charge on any atom is 0.231 e. The van der Waals surface area contributed by atoms with Gasteiger partial charge in [-0.1, -0.05) is 48.5 Å². The van der Waals surface area contributed by atoms with Crippen LogP contribution in [0.1, 0.15) is 21.5 Å². The van der Waals surface area contributed by atoms with E-state index in [0.29, 0.717) is 29.8 Å². The van der Waals surface area contributed by atoms with Crippen LogP contribution in [0.5, 0.6) is 11.5 Å². The van der Waals surface area contributed by atoms with E-state index >= 15 is 0 Å². The molecule has 0 aromatic heterocycles. The number of fused-ring (bicyclic) bond motifs is 1. The number of carbonyl (C=O) groups excluding carboxylic acids is 2. The van der Waals surface area contributed by atoms with Crippen LogP contribution in [0.25, 0.3) is 0 Å². The Kier molecular flexibility index (Phi) is 5.29. The van der Waals surface area contributed by atoms with E-state index in [1.165, 1.54) is 0 Å². The lowest BCUT2D eigenvalue weighted by molar-refractivity contribution is -0.121. The fraction of sp³-hybridized carbons (Fsp3) is 0.167.